The first-order valence-electron chi connectivity index (χ1n) is 11.3. The van der Waals surface area contributed by atoms with E-state index < -0.39 is 0 Å². The first-order chi connectivity index (χ1) is 13.8. The molecular formula is C23H35N3O2. The van der Waals surface area contributed by atoms with E-state index in [1.165, 1.54) is 51.6 Å². The number of carbonyl (C=O) groups excluding carboxylic acids is 1. The van der Waals surface area contributed by atoms with Gasteiger partial charge in [-0.05, 0) is 75.9 Å². The summed E-state index contributed by atoms with van der Waals surface area (Å²) in [4.78, 5) is 17.0. The zero-order valence-corrected chi connectivity index (χ0v) is 17.1. The molecule has 1 amide bonds. The van der Waals surface area contributed by atoms with Crippen LogP contribution in [0.5, 0.6) is 5.75 Å². The average molecular weight is 386 g/mol. The van der Waals surface area contributed by atoms with Gasteiger partial charge in [0.05, 0.1) is 6.61 Å². The Bertz CT molecular complexity index is 623. The van der Waals surface area contributed by atoms with Crippen molar-refractivity contribution in [3.8, 4) is 5.75 Å². The average Bonchev–Trinajstić information content (AvgIpc) is 3.06. The number of nitrogens with one attached hydrogen (secondary N) is 1. The molecule has 0 bridgehead atoms. The number of benzene rings is 1. The number of rotatable bonds is 9. The van der Waals surface area contributed by atoms with Gasteiger partial charge < -0.3 is 19.9 Å². The molecule has 28 heavy (non-hydrogen) atoms. The highest BCUT2D eigenvalue weighted by Gasteiger charge is 2.32. The fraction of sp³-hybridized carbons (Fsp3) is 0.696. The highest BCUT2D eigenvalue weighted by atomic mass is 16.5. The lowest BCUT2D eigenvalue weighted by atomic mass is 9.93. The summed E-state index contributed by atoms with van der Waals surface area (Å²) in [5.74, 6) is 1.15. The van der Waals surface area contributed by atoms with Gasteiger partial charge in [-0.25, -0.2) is 0 Å². The molecule has 1 aliphatic carbocycles. The van der Waals surface area contributed by atoms with E-state index >= 15 is 0 Å². The molecule has 3 aliphatic rings. The minimum atomic E-state index is 0.246. The lowest BCUT2D eigenvalue weighted by molar-refractivity contribution is -0.117. The second-order valence-electron chi connectivity index (χ2n) is 8.59. The van der Waals surface area contributed by atoms with E-state index in [0.29, 0.717) is 12.5 Å². The summed E-state index contributed by atoms with van der Waals surface area (Å²) in [5, 5.41) is 3.63. The molecule has 0 aromatic heterocycles. The van der Waals surface area contributed by atoms with Crippen molar-refractivity contribution >= 4 is 11.6 Å². The number of ether oxygens (including phenoxy) is 1. The maximum Gasteiger partial charge on any atom is 0.227 e. The van der Waals surface area contributed by atoms with Crippen molar-refractivity contribution in [3.63, 3.8) is 0 Å². The summed E-state index contributed by atoms with van der Waals surface area (Å²) >= 11 is 0. The Hall–Kier alpha value is -1.59. The number of likely N-dealkylation sites (tertiary alicyclic amines) is 1. The molecule has 1 N–H and O–H groups in total. The van der Waals surface area contributed by atoms with Crippen molar-refractivity contribution in [1.82, 2.24) is 10.2 Å². The lowest BCUT2D eigenvalue weighted by Gasteiger charge is -2.31. The standard InChI is InChI=1S/C23H35N3O2/c27-23-13-10-21(18-24-19-6-4-7-19)26(23)20-8-11-22(12-9-20)28-17-5-16-25-14-2-1-3-15-25/h8-9,11-12,19,21,24H,1-7,10,13-18H2/t21-/m0/s1. The Kier molecular flexibility index (Phi) is 6.86. The molecule has 0 spiro atoms. The van der Waals surface area contributed by atoms with Gasteiger partial charge in [0.15, 0.2) is 0 Å². The third-order valence-corrected chi connectivity index (χ3v) is 6.52. The van der Waals surface area contributed by atoms with Crippen LogP contribution in [0.25, 0.3) is 0 Å². The number of hydrogen-bond acceptors (Lipinski definition) is 4. The quantitative estimate of drug-likeness (QED) is 0.660. The van der Waals surface area contributed by atoms with E-state index in [1.54, 1.807) is 0 Å². The van der Waals surface area contributed by atoms with Crippen molar-refractivity contribution in [1.29, 1.82) is 0 Å². The number of amides is 1. The first kappa shape index (κ1) is 19.7. The van der Waals surface area contributed by atoms with Crippen molar-refractivity contribution in [2.24, 2.45) is 0 Å². The van der Waals surface area contributed by atoms with Gasteiger partial charge in [-0.2, -0.15) is 0 Å². The third-order valence-electron chi connectivity index (χ3n) is 6.52. The van der Waals surface area contributed by atoms with E-state index in [0.717, 1.165) is 44.0 Å². The molecule has 4 rings (SSSR count). The zero-order valence-electron chi connectivity index (χ0n) is 17.1. The summed E-state index contributed by atoms with van der Waals surface area (Å²) < 4.78 is 5.93. The van der Waals surface area contributed by atoms with Crippen LogP contribution in [-0.4, -0.2) is 55.7 Å². The maximum atomic E-state index is 12.4. The van der Waals surface area contributed by atoms with E-state index in [-0.39, 0.29) is 11.9 Å². The van der Waals surface area contributed by atoms with E-state index in [4.69, 9.17) is 4.74 Å². The molecule has 1 atom stereocenters. The molecule has 0 radical (unpaired) electrons. The molecular weight excluding hydrogens is 350 g/mol. The molecule has 1 aromatic carbocycles. The summed E-state index contributed by atoms with van der Waals surface area (Å²) in [7, 11) is 0. The second-order valence-corrected chi connectivity index (χ2v) is 8.59. The van der Waals surface area contributed by atoms with Gasteiger partial charge in [0.1, 0.15) is 5.75 Å². The fourth-order valence-electron chi connectivity index (χ4n) is 4.57. The van der Waals surface area contributed by atoms with E-state index in [1.807, 2.05) is 29.2 Å². The summed E-state index contributed by atoms with van der Waals surface area (Å²) in [6.45, 7) is 5.29. The second kappa shape index (κ2) is 9.75. The molecule has 5 heteroatoms. The summed E-state index contributed by atoms with van der Waals surface area (Å²) in [6.07, 6.45) is 10.7. The van der Waals surface area contributed by atoms with Crippen molar-refractivity contribution in [2.75, 3.05) is 37.7 Å². The molecule has 2 saturated heterocycles. The van der Waals surface area contributed by atoms with Crippen molar-refractivity contribution in [3.05, 3.63) is 24.3 Å². The van der Waals surface area contributed by atoms with Gasteiger partial charge in [-0.3, -0.25) is 4.79 Å². The van der Waals surface area contributed by atoms with Crippen LogP contribution in [0.3, 0.4) is 0 Å². The van der Waals surface area contributed by atoms with Gasteiger partial charge in [-0.15, -0.1) is 0 Å². The normalized spacial score (nSPS) is 23.8. The Morgan fingerprint density at radius 1 is 1.00 bits per heavy atom. The summed E-state index contributed by atoms with van der Waals surface area (Å²) in [5.41, 5.74) is 1.00. The van der Waals surface area contributed by atoms with E-state index in [2.05, 4.69) is 10.2 Å². The monoisotopic (exact) mass is 385 g/mol. The van der Waals surface area contributed by atoms with Crippen LogP contribution in [0.2, 0.25) is 0 Å². The predicted octanol–water partition coefficient (Wildman–Crippen LogP) is 3.58. The molecule has 1 saturated carbocycles. The van der Waals surface area contributed by atoms with Crippen LogP contribution >= 0.6 is 0 Å². The summed E-state index contributed by atoms with van der Waals surface area (Å²) in [6, 6.07) is 9.05. The maximum absolute atomic E-state index is 12.4. The van der Waals surface area contributed by atoms with Gasteiger partial charge in [0.2, 0.25) is 5.91 Å². The van der Waals surface area contributed by atoms with Crippen LogP contribution in [0, 0.1) is 0 Å². The van der Waals surface area contributed by atoms with Crippen molar-refractivity contribution in [2.45, 2.75) is 69.9 Å². The Balaban J connectivity index is 1.23. The molecule has 2 aliphatic heterocycles. The number of piperidine rings is 1. The molecule has 1 aromatic rings. The largest absolute Gasteiger partial charge is 0.494 e. The lowest BCUT2D eigenvalue weighted by Crippen LogP contribution is -2.45. The van der Waals surface area contributed by atoms with Gasteiger partial charge in [0, 0.05) is 37.3 Å². The third kappa shape index (κ3) is 5.06. The van der Waals surface area contributed by atoms with Crippen LogP contribution in [0.1, 0.15) is 57.8 Å². The number of nitrogens with zero attached hydrogens (tertiary/aromatic N) is 2. The predicted molar refractivity (Wildman–Crippen MR) is 113 cm³/mol. The zero-order chi connectivity index (χ0) is 19.2. The Morgan fingerprint density at radius 2 is 1.79 bits per heavy atom. The van der Waals surface area contributed by atoms with E-state index in [9.17, 15) is 4.79 Å². The topological polar surface area (TPSA) is 44.8 Å². The van der Waals surface area contributed by atoms with Gasteiger partial charge in [0.25, 0.3) is 0 Å². The van der Waals surface area contributed by atoms with Crippen LogP contribution in [-0.2, 0) is 4.79 Å². The van der Waals surface area contributed by atoms with Gasteiger partial charge >= 0.3 is 0 Å². The number of carbonyl (C=O) groups is 1. The highest BCUT2D eigenvalue weighted by molar-refractivity contribution is 5.96. The molecule has 0 unspecified atom stereocenters. The van der Waals surface area contributed by atoms with Crippen LogP contribution in [0.15, 0.2) is 24.3 Å². The fourth-order valence-corrected chi connectivity index (χ4v) is 4.57. The minimum absolute atomic E-state index is 0.246. The highest BCUT2D eigenvalue weighted by Crippen LogP contribution is 2.29. The smallest absolute Gasteiger partial charge is 0.227 e. The van der Waals surface area contributed by atoms with Crippen LogP contribution in [0.4, 0.5) is 5.69 Å². The molecule has 2 heterocycles. The Morgan fingerprint density at radius 3 is 2.50 bits per heavy atom. The Labute approximate surface area is 169 Å². The first-order valence-corrected chi connectivity index (χ1v) is 11.3. The van der Waals surface area contributed by atoms with Crippen molar-refractivity contribution < 1.29 is 9.53 Å². The molecule has 154 valence electrons. The van der Waals surface area contributed by atoms with Gasteiger partial charge in [-0.1, -0.05) is 12.8 Å². The SMILES string of the molecule is O=C1CC[C@@H](CNC2CCC2)N1c1ccc(OCCCN2CCCCC2)cc1. The number of hydrogen-bond donors (Lipinski definition) is 1. The minimum Gasteiger partial charge on any atom is -0.494 e. The molecule has 3 fully saturated rings. The van der Waals surface area contributed by atoms with Crippen LogP contribution < -0.4 is 15.0 Å². The molecule has 5 nitrogen and oxygen atoms in total. The number of anilines is 1.